The molecule has 0 fully saturated rings. The lowest BCUT2D eigenvalue weighted by Gasteiger charge is -1.94. The second-order valence-corrected chi connectivity index (χ2v) is 5.37. The van der Waals surface area contributed by atoms with Gasteiger partial charge < -0.3 is 5.11 Å². The number of carbonyl (C=O) groups is 1. The first-order chi connectivity index (χ1) is 11.4. The number of fused-ring (bicyclic) bond motifs is 1. The summed E-state index contributed by atoms with van der Waals surface area (Å²) in [7, 11) is 1.41. The molecule has 5 nitrogen and oxygen atoms in total. The molecule has 0 bridgehead atoms. The van der Waals surface area contributed by atoms with Gasteiger partial charge in [0.05, 0.1) is 0 Å². The fraction of sp³-hybridized carbons (Fsp3) is 0.0526. The third kappa shape index (κ3) is 1.88. The van der Waals surface area contributed by atoms with Crippen molar-refractivity contribution in [2.45, 2.75) is 0 Å². The van der Waals surface area contributed by atoms with Crippen LogP contribution in [-0.4, -0.2) is 17.9 Å². The number of Topliss-reactive ketones (excluding diaryl/α,β-unsaturated/α-hetero) is 1. The van der Waals surface area contributed by atoms with E-state index < -0.39 is 16.6 Å². The summed E-state index contributed by atoms with van der Waals surface area (Å²) < 4.78 is 1.16. The molecule has 1 aliphatic carbocycles. The fourth-order valence-corrected chi connectivity index (χ4v) is 2.99. The zero-order valence-corrected chi connectivity index (χ0v) is 13.0. The van der Waals surface area contributed by atoms with Crippen molar-refractivity contribution in [1.82, 2.24) is 4.58 Å². The van der Waals surface area contributed by atoms with Gasteiger partial charge in [-0.05, 0) is 0 Å². The maximum absolute atomic E-state index is 12.6. The van der Waals surface area contributed by atoms with E-state index in [9.17, 15) is 19.5 Å². The van der Waals surface area contributed by atoms with Gasteiger partial charge in [-0.3, -0.25) is 14.4 Å². The summed E-state index contributed by atoms with van der Waals surface area (Å²) in [6.07, 6.45) is 2.58. The highest BCUT2D eigenvalue weighted by atomic mass is 16.3. The Hall–Kier alpha value is -3.34. The molecule has 0 radical (unpaired) electrons. The zero-order chi connectivity index (χ0) is 17.6. The first-order valence-corrected chi connectivity index (χ1v) is 7.20. The summed E-state index contributed by atoms with van der Waals surface area (Å²) in [5, 5.41) is 10.2. The number of nitrogens with zero attached hydrogens (tertiary/aromatic N) is 1. The molecule has 0 unspecified atom stereocenters. The standard InChI is InChI=1S/C19H13NO4/c1-4-10-11(5-2)17(22)14(16(10)21)20(3)15-18(23)12-8-6-7-9-13(12)19(15)24/h4-9H,1-2H2,3H3/p+1. The average molecular weight is 320 g/mol. The summed E-state index contributed by atoms with van der Waals surface area (Å²) in [5.41, 5.74) is -0.200. The lowest BCUT2D eigenvalue weighted by molar-refractivity contribution is 0.102. The van der Waals surface area contributed by atoms with Gasteiger partial charge in [-0.15, -0.1) is 0 Å². The van der Waals surface area contributed by atoms with E-state index in [1.807, 2.05) is 0 Å². The quantitative estimate of drug-likeness (QED) is 0.859. The van der Waals surface area contributed by atoms with Crippen molar-refractivity contribution >= 4 is 23.7 Å². The number of hydrogen-bond donors (Lipinski definition) is 1. The Morgan fingerprint density at radius 1 is 0.958 bits per heavy atom. The molecule has 0 amide bonds. The smallest absolute Gasteiger partial charge is 0.302 e. The SMILES string of the molecule is C=Cc1c(C=C)c(=O)c(=[N+](C)C2=C(O)c3ccccc3C2=O)c1=O. The summed E-state index contributed by atoms with van der Waals surface area (Å²) in [4.78, 5) is 37.6. The van der Waals surface area contributed by atoms with Crippen LogP contribution in [-0.2, 0) is 0 Å². The molecule has 0 saturated carbocycles. The van der Waals surface area contributed by atoms with Crippen LogP contribution >= 0.6 is 0 Å². The molecule has 0 heterocycles. The van der Waals surface area contributed by atoms with Gasteiger partial charge in [-0.2, -0.15) is 4.58 Å². The molecule has 2 aromatic carbocycles. The zero-order valence-electron chi connectivity index (χ0n) is 13.0. The van der Waals surface area contributed by atoms with E-state index in [2.05, 4.69) is 13.2 Å². The number of aliphatic hydroxyl groups excluding tert-OH is 1. The number of likely N-dealkylation sites (N-methyl/N-ethyl adjacent to an activating group) is 1. The van der Waals surface area contributed by atoms with Gasteiger partial charge in [0.2, 0.25) is 5.76 Å². The fourth-order valence-electron chi connectivity index (χ4n) is 2.99. The van der Waals surface area contributed by atoms with E-state index >= 15 is 0 Å². The molecule has 118 valence electrons. The number of allylic oxidation sites excluding steroid dienone is 1. The van der Waals surface area contributed by atoms with E-state index in [1.54, 1.807) is 24.3 Å². The van der Waals surface area contributed by atoms with Crippen LogP contribution in [0.3, 0.4) is 0 Å². The van der Waals surface area contributed by atoms with Crippen molar-refractivity contribution in [1.29, 1.82) is 0 Å². The number of ketones is 1. The minimum absolute atomic E-state index is 0.0957. The van der Waals surface area contributed by atoms with Gasteiger partial charge in [-0.25, -0.2) is 0 Å². The predicted octanol–water partition coefficient (Wildman–Crippen LogP) is 1.09. The number of rotatable bonds is 3. The summed E-state index contributed by atoms with van der Waals surface area (Å²) >= 11 is 0. The molecule has 3 rings (SSSR count). The third-order valence-corrected chi connectivity index (χ3v) is 4.15. The predicted molar refractivity (Wildman–Crippen MR) is 93.1 cm³/mol. The Kier molecular flexibility index (Phi) is 3.49. The molecule has 0 saturated heterocycles. The lowest BCUT2D eigenvalue weighted by atomic mass is 10.1. The highest BCUT2D eigenvalue weighted by Gasteiger charge is 2.38. The van der Waals surface area contributed by atoms with Gasteiger partial charge in [0, 0.05) is 22.3 Å². The maximum Gasteiger partial charge on any atom is 0.302 e. The minimum atomic E-state index is -0.545. The Morgan fingerprint density at radius 3 is 1.92 bits per heavy atom. The minimum Gasteiger partial charge on any atom is -0.502 e. The van der Waals surface area contributed by atoms with Gasteiger partial charge in [0.15, 0.2) is 0 Å². The maximum atomic E-state index is 12.6. The molecular formula is C19H14NO4+. The molecule has 1 aliphatic rings. The van der Waals surface area contributed by atoms with Crippen molar-refractivity contribution < 1.29 is 9.90 Å². The van der Waals surface area contributed by atoms with Crippen molar-refractivity contribution in [2.24, 2.45) is 0 Å². The second-order valence-electron chi connectivity index (χ2n) is 5.37. The van der Waals surface area contributed by atoms with Crippen LogP contribution in [0.2, 0.25) is 0 Å². The Balaban J connectivity index is 2.42. The van der Waals surface area contributed by atoms with E-state index in [0.717, 1.165) is 4.58 Å². The monoisotopic (exact) mass is 320 g/mol. The van der Waals surface area contributed by atoms with Crippen LogP contribution in [0.4, 0.5) is 0 Å². The highest BCUT2D eigenvalue weighted by Crippen LogP contribution is 2.29. The summed E-state index contributed by atoms with van der Waals surface area (Å²) in [6, 6.07) is 6.56. The number of benzene rings is 1. The largest absolute Gasteiger partial charge is 0.502 e. The molecule has 2 aromatic rings. The molecule has 24 heavy (non-hydrogen) atoms. The molecule has 1 N–H and O–H groups in total. The van der Waals surface area contributed by atoms with Crippen LogP contribution in [0, 0.1) is 0 Å². The molecule has 0 spiro atoms. The van der Waals surface area contributed by atoms with Crippen LogP contribution in [0.1, 0.15) is 27.0 Å². The van der Waals surface area contributed by atoms with Gasteiger partial charge in [-0.1, -0.05) is 49.6 Å². The lowest BCUT2D eigenvalue weighted by Crippen LogP contribution is -2.45. The molecule has 0 atom stereocenters. The Labute approximate surface area is 137 Å². The second kappa shape index (κ2) is 5.38. The van der Waals surface area contributed by atoms with E-state index in [1.165, 1.54) is 19.2 Å². The van der Waals surface area contributed by atoms with Gasteiger partial charge in [0.25, 0.3) is 22.3 Å². The van der Waals surface area contributed by atoms with E-state index in [-0.39, 0.29) is 27.9 Å². The highest BCUT2D eigenvalue weighted by molar-refractivity contribution is 6.19. The van der Waals surface area contributed by atoms with Gasteiger partial charge in [0.1, 0.15) is 7.05 Å². The normalized spacial score (nSPS) is 13.1. The molecular weight excluding hydrogens is 306 g/mol. The number of carbonyl (C=O) groups excluding carboxylic acids is 1. The number of hydrogen-bond acceptors (Lipinski definition) is 4. The number of aliphatic hydroxyl groups is 1. The first-order valence-electron chi connectivity index (χ1n) is 7.20. The van der Waals surface area contributed by atoms with Crippen molar-refractivity contribution in [2.75, 3.05) is 7.05 Å². The van der Waals surface area contributed by atoms with Gasteiger partial charge >= 0.3 is 5.36 Å². The van der Waals surface area contributed by atoms with Crippen LogP contribution in [0.25, 0.3) is 17.9 Å². The topological polar surface area (TPSA) is 74.5 Å². The molecule has 0 aliphatic heterocycles. The third-order valence-electron chi connectivity index (χ3n) is 4.15. The Morgan fingerprint density at radius 2 is 1.46 bits per heavy atom. The van der Waals surface area contributed by atoms with Crippen molar-refractivity contribution in [3.8, 4) is 0 Å². The van der Waals surface area contributed by atoms with E-state index in [4.69, 9.17) is 0 Å². The van der Waals surface area contributed by atoms with E-state index in [0.29, 0.717) is 11.1 Å². The summed E-state index contributed by atoms with van der Waals surface area (Å²) in [5.74, 6) is -0.690. The van der Waals surface area contributed by atoms with Crippen LogP contribution in [0.5, 0.6) is 0 Å². The van der Waals surface area contributed by atoms with Crippen LogP contribution in [0.15, 0.2) is 52.7 Å². The molecule has 0 aromatic heterocycles. The van der Waals surface area contributed by atoms with Crippen molar-refractivity contribution in [3.05, 3.63) is 91.2 Å². The molecule has 5 heteroatoms. The average Bonchev–Trinajstić information content (AvgIpc) is 2.98. The Bertz CT molecular complexity index is 1070. The van der Waals surface area contributed by atoms with Crippen molar-refractivity contribution in [3.63, 3.8) is 0 Å². The first kappa shape index (κ1) is 15.6. The summed E-state index contributed by atoms with van der Waals surface area (Å²) in [6.45, 7) is 7.08. The van der Waals surface area contributed by atoms with Crippen LogP contribution < -0.4 is 20.8 Å².